The van der Waals surface area contributed by atoms with Crippen molar-refractivity contribution in [1.29, 1.82) is 0 Å². The molecule has 0 aliphatic rings. The SMILES string of the molecule is C[C@@H](CSC(C)(C)C)N[C@H](C)c1ccc(S(C)(=O)=O)c(F)c1. The van der Waals surface area contributed by atoms with Crippen LogP contribution in [0.2, 0.25) is 0 Å². The summed E-state index contributed by atoms with van der Waals surface area (Å²) in [7, 11) is -3.52. The van der Waals surface area contributed by atoms with Crippen LogP contribution < -0.4 is 5.32 Å². The third-order valence-electron chi connectivity index (χ3n) is 3.16. The molecule has 0 unspecified atom stereocenters. The van der Waals surface area contributed by atoms with Crippen molar-refractivity contribution in [3.63, 3.8) is 0 Å². The van der Waals surface area contributed by atoms with Gasteiger partial charge in [0, 0.05) is 28.8 Å². The minimum Gasteiger partial charge on any atom is -0.307 e. The average molecular weight is 348 g/mol. The Kier molecular flexibility index (Phi) is 6.47. The highest BCUT2D eigenvalue weighted by Crippen LogP contribution is 2.25. The summed E-state index contributed by atoms with van der Waals surface area (Å²) in [5, 5.41) is 3.42. The largest absolute Gasteiger partial charge is 0.307 e. The second-order valence-corrected chi connectivity index (χ2v) is 10.5. The topological polar surface area (TPSA) is 46.2 Å². The van der Waals surface area contributed by atoms with Crippen LogP contribution in [0.3, 0.4) is 0 Å². The highest BCUT2D eigenvalue weighted by atomic mass is 32.2. The Hall–Kier alpha value is -0.590. The molecule has 0 aliphatic heterocycles. The minimum atomic E-state index is -3.52. The molecule has 0 fully saturated rings. The molecule has 0 saturated carbocycles. The predicted octanol–water partition coefficient (Wildman–Crippen LogP) is 3.80. The van der Waals surface area contributed by atoms with Crippen LogP contribution in [-0.2, 0) is 9.84 Å². The maximum absolute atomic E-state index is 13.9. The Morgan fingerprint density at radius 3 is 2.32 bits per heavy atom. The third-order valence-corrected chi connectivity index (χ3v) is 5.82. The first-order chi connectivity index (χ1) is 9.90. The van der Waals surface area contributed by atoms with Gasteiger partial charge in [0.2, 0.25) is 0 Å². The van der Waals surface area contributed by atoms with Gasteiger partial charge in [-0.05, 0) is 31.5 Å². The van der Waals surface area contributed by atoms with E-state index >= 15 is 0 Å². The Morgan fingerprint density at radius 1 is 1.27 bits per heavy atom. The van der Waals surface area contributed by atoms with E-state index in [2.05, 4.69) is 33.0 Å². The van der Waals surface area contributed by atoms with Gasteiger partial charge >= 0.3 is 0 Å². The van der Waals surface area contributed by atoms with Crippen LogP contribution in [-0.4, -0.2) is 31.2 Å². The molecule has 6 heteroatoms. The number of hydrogen-bond acceptors (Lipinski definition) is 4. The van der Waals surface area contributed by atoms with Crippen LogP contribution in [0.15, 0.2) is 23.1 Å². The second kappa shape index (κ2) is 7.32. The molecule has 0 amide bonds. The van der Waals surface area contributed by atoms with Gasteiger partial charge in [-0.15, -0.1) is 0 Å². The number of sulfone groups is 1. The summed E-state index contributed by atoms with van der Waals surface area (Å²) in [4.78, 5) is -0.250. The first kappa shape index (κ1) is 19.5. The monoisotopic (exact) mass is 347 g/mol. The van der Waals surface area contributed by atoms with Gasteiger partial charge in [-0.1, -0.05) is 26.8 Å². The summed E-state index contributed by atoms with van der Waals surface area (Å²) in [6.07, 6.45) is 1.01. The predicted molar refractivity (Wildman–Crippen MR) is 92.7 cm³/mol. The summed E-state index contributed by atoms with van der Waals surface area (Å²) in [6.45, 7) is 10.6. The highest BCUT2D eigenvalue weighted by molar-refractivity contribution is 8.00. The molecule has 0 bridgehead atoms. The smallest absolute Gasteiger partial charge is 0.178 e. The molecular weight excluding hydrogens is 321 g/mol. The fraction of sp³-hybridized carbons (Fsp3) is 0.625. The van der Waals surface area contributed by atoms with Crippen molar-refractivity contribution in [2.75, 3.05) is 12.0 Å². The molecule has 126 valence electrons. The van der Waals surface area contributed by atoms with E-state index in [4.69, 9.17) is 0 Å². The first-order valence-corrected chi connectivity index (χ1v) is 10.2. The van der Waals surface area contributed by atoms with Crippen LogP contribution in [0.4, 0.5) is 4.39 Å². The number of rotatable bonds is 6. The average Bonchev–Trinajstić information content (AvgIpc) is 2.33. The normalized spacial score (nSPS) is 15.6. The zero-order valence-electron chi connectivity index (χ0n) is 14.1. The number of hydrogen-bond donors (Lipinski definition) is 1. The van der Waals surface area contributed by atoms with Crippen molar-refractivity contribution in [3.8, 4) is 0 Å². The van der Waals surface area contributed by atoms with E-state index in [1.165, 1.54) is 12.1 Å². The Bertz CT molecular complexity index is 609. The summed E-state index contributed by atoms with van der Waals surface area (Å²) in [6, 6.07) is 4.54. The molecule has 0 radical (unpaired) electrons. The van der Waals surface area contributed by atoms with Gasteiger partial charge in [-0.25, -0.2) is 12.8 Å². The quantitative estimate of drug-likeness (QED) is 0.850. The fourth-order valence-electron chi connectivity index (χ4n) is 2.03. The van der Waals surface area contributed by atoms with Crippen LogP contribution in [0.25, 0.3) is 0 Å². The Morgan fingerprint density at radius 2 is 1.86 bits per heavy atom. The summed E-state index contributed by atoms with van der Waals surface area (Å²) < 4.78 is 37.0. The van der Waals surface area contributed by atoms with E-state index in [-0.39, 0.29) is 21.7 Å². The van der Waals surface area contributed by atoms with Gasteiger partial charge in [0.05, 0.1) is 0 Å². The zero-order valence-corrected chi connectivity index (χ0v) is 15.7. The van der Waals surface area contributed by atoms with Crippen molar-refractivity contribution in [1.82, 2.24) is 5.32 Å². The van der Waals surface area contributed by atoms with Crippen LogP contribution in [0, 0.1) is 5.82 Å². The number of thioether (sulfide) groups is 1. The molecule has 1 rings (SSSR count). The zero-order chi connectivity index (χ0) is 17.1. The van der Waals surface area contributed by atoms with Crippen molar-refractivity contribution >= 4 is 21.6 Å². The molecule has 1 N–H and O–H groups in total. The molecule has 0 spiro atoms. The number of halogens is 1. The molecule has 0 heterocycles. The first-order valence-electron chi connectivity index (χ1n) is 7.29. The molecule has 1 aromatic rings. The van der Waals surface area contributed by atoms with Gasteiger partial charge in [0.1, 0.15) is 10.7 Å². The van der Waals surface area contributed by atoms with E-state index in [9.17, 15) is 12.8 Å². The van der Waals surface area contributed by atoms with Crippen molar-refractivity contribution in [2.24, 2.45) is 0 Å². The number of benzene rings is 1. The van der Waals surface area contributed by atoms with E-state index in [1.807, 2.05) is 18.7 Å². The van der Waals surface area contributed by atoms with Crippen LogP contribution in [0.1, 0.15) is 46.2 Å². The molecule has 0 saturated heterocycles. The van der Waals surface area contributed by atoms with E-state index in [1.54, 1.807) is 6.07 Å². The lowest BCUT2D eigenvalue weighted by Gasteiger charge is -2.24. The summed E-state index contributed by atoms with van der Waals surface area (Å²) in [5.41, 5.74) is 0.748. The van der Waals surface area contributed by atoms with Crippen molar-refractivity contribution in [3.05, 3.63) is 29.6 Å². The molecule has 3 nitrogen and oxygen atoms in total. The molecule has 0 aromatic heterocycles. The molecule has 2 atom stereocenters. The van der Waals surface area contributed by atoms with Gasteiger partial charge in [0.25, 0.3) is 0 Å². The third kappa shape index (κ3) is 6.26. The lowest BCUT2D eigenvalue weighted by atomic mass is 10.1. The lowest BCUT2D eigenvalue weighted by molar-refractivity contribution is 0.504. The van der Waals surface area contributed by atoms with Crippen LogP contribution >= 0.6 is 11.8 Å². The highest BCUT2D eigenvalue weighted by Gasteiger charge is 2.18. The van der Waals surface area contributed by atoms with E-state index in [0.717, 1.165) is 17.6 Å². The minimum absolute atomic E-state index is 0.0429. The fourth-order valence-corrected chi connectivity index (χ4v) is 3.61. The van der Waals surface area contributed by atoms with Gasteiger partial charge in [-0.3, -0.25) is 0 Å². The van der Waals surface area contributed by atoms with E-state index < -0.39 is 15.7 Å². The maximum Gasteiger partial charge on any atom is 0.178 e. The maximum atomic E-state index is 13.9. The standard InChI is InChI=1S/C16H26FNO2S2/c1-11(10-21-16(3,4)5)18-12(2)13-7-8-15(14(17)9-13)22(6,19)20/h7-9,11-12,18H,10H2,1-6H3/t11-,12+/m0/s1. The molecule has 22 heavy (non-hydrogen) atoms. The molecular formula is C16H26FNO2S2. The second-order valence-electron chi connectivity index (χ2n) is 6.67. The van der Waals surface area contributed by atoms with Gasteiger partial charge in [-0.2, -0.15) is 11.8 Å². The van der Waals surface area contributed by atoms with Gasteiger partial charge < -0.3 is 5.32 Å². The Labute approximate surface area is 138 Å². The van der Waals surface area contributed by atoms with Crippen LogP contribution in [0.5, 0.6) is 0 Å². The van der Waals surface area contributed by atoms with Crippen molar-refractivity contribution < 1.29 is 12.8 Å². The molecule has 1 aromatic carbocycles. The number of nitrogens with one attached hydrogen (secondary N) is 1. The summed E-state index contributed by atoms with van der Waals surface area (Å²) >= 11 is 1.87. The molecule has 0 aliphatic carbocycles. The Balaban J connectivity index is 2.74. The van der Waals surface area contributed by atoms with E-state index in [0.29, 0.717) is 0 Å². The lowest BCUT2D eigenvalue weighted by Crippen LogP contribution is -2.32. The van der Waals surface area contributed by atoms with Crippen molar-refractivity contribution in [2.45, 2.75) is 56.3 Å². The van der Waals surface area contributed by atoms with Gasteiger partial charge in [0.15, 0.2) is 9.84 Å². The summed E-state index contributed by atoms with van der Waals surface area (Å²) in [5.74, 6) is 0.267.